The van der Waals surface area contributed by atoms with Crippen LogP contribution in [0.3, 0.4) is 0 Å². The SMILES string of the molecule is CC(C)[C@H](NC(=O)OCC1c2ccccc2-c2ccccc21)C(=O)N[C@@H](C)C(=O)N1C(=O)CC[C@H]1C(=O)N[C@@H](CCCN=C(N)N)C(=O)N[C@@H](Cc1ccccc1)C(=O)N[C@@H](C)C(=O)O. The highest BCUT2D eigenvalue weighted by Crippen LogP contribution is 2.44. The van der Waals surface area contributed by atoms with Crippen LogP contribution in [0.5, 0.6) is 0 Å². The number of carboxylic acids is 1. The Morgan fingerprint density at radius 3 is 1.94 bits per heavy atom. The van der Waals surface area contributed by atoms with Crippen molar-refractivity contribution in [2.75, 3.05) is 13.2 Å². The molecule has 10 N–H and O–H groups in total. The minimum absolute atomic E-state index is 0.0101. The number of carbonyl (C=O) groups is 8. The van der Waals surface area contributed by atoms with Crippen LogP contribution in [0, 0.1) is 5.92 Å². The summed E-state index contributed by atoms with van der Waals surface area (Å²) in [5.74, 6) is -6.94. The third-order valence-corrected chi connectivity index (χ3v) is 11.3. The monoisotopic (exact) mass is 895 g/mol. The van der Waals surface area contributed by atoms with Gasteiger partial charge in [-0.2, -0.15) is 0 Å². The van der Waals surface area contributed by atoms with Gasteiger partial charge in [-0.3, -0.25) is 43.5 Å². The molecule has 2 aliphatic rings. The van der Waals surface area contributed by atoms with Gasteiger partial charge in [-0.1, -0.05) is 92.7 Å². The van der Waals surface area contributed by atoms with Crippen LogP contribution in [0.25, 0.3) is 11.1 Å². The van der Waals surface area contributed by atoms with E-state index in [1.807, 2.05) is 48.5 Å². The molecule has 1 aliphatic heterocycles. The number of fused-ring (bicyclic) bond motifs is 3. The standard InChI is InChI=1S/C46H57N9O10/c1-25(2)38(54-46(64)65-24-33-31-17-10-8-15-29(31)30-16-9-11-18-32(30)33)42(60)50-26(3)43(61)55-36(20-21-37(55)56)41(59)52-34(19-12-22-49-45(47)48)39(57)53-35(23-28-13-6-5-7-14-28)40(58)51-27(4)44(62)63/h5-11,13-18,25-27,33-36,38H,12,19-24H2,1-4H3,(H,50,60)(H,51,58)(H,52,59)(H,53,57)(H,54,64)(H,62,63)(H4,47,48,49)/t26-,27-,34-,35-,36-,38-/m0/s1. The van der Waals surface area contributed by atoms with Crippen LogP contribution in [0.4, 0.5) is 4.79 Å². The second kappa shape index (κ2) is 22.4. The van der Waals surface area contributed by atoms with Crippen molar-refractivity contribution < 1.29 is 48.2 Å². The van der Waals surface area contributed by atoms with Crippen LogP contribution < -0.4 is 38.1 Å². The average Bonchev–Trinajstić information content (AvgIpc) is 3.82. The highest BCUT2D eigenvalue weighted by atomic mass is 16.5. The molecule has 0 spiro atoms. The van der Waals surface area contributed by atoms with E-state index in [-0.39, 0.29) is 57.1 Å². The molecule has 0 saturated carbocycles. The van der Waals surface area contributed by atoms with Crippen molar-refractivity contribution >= 4 is 53.5 Å². The van der Waals surface area contributed by atoms with E-state index < -0.39 is 89.7 Å². The second-order valence-electron chi connectivity index (χ2n) is 16.4. The molecule has 19 nitrogen and oxygen atoms in total. The van der Waals surface area contributed by atoms with Gasteiger partial charge in [0.05, 0.1) is 0 Å². The van der Waals surface area contributed by atoms with E-state index in [9.17, 15) is 43.5 Å². The summed E-state index contributed by atoms with van der Waals surface area (Å²) in [7, 11) is 0. The van der Waals surface area contributed by atoms with Gasteiger partial charge in [0.15, 0.2) is 5.96 Å². The number of aliphatic imine (C=N–C) groups is 1. The van der Waals surface area contributed by atoms with E-state index in [1.54, 1.807) is 44.2 Å². The number of alkyl carbamates (subject to hydrolysis) is 1. The fraction of sp³-hybridized carbons (Fsp3) is 0.413. The Hall–Kier alpha value is -7.31. The normalized spacial score (nSPS) is 16.4. The molecule has 6 atom stereocenters. The average molecular weight is 896 g/mol. The van der Waals surface area contributed by atoms with Crippen LogP contribution >= 0.6 is 0 Å². The molecule has 0 unspecified atom stereocenters. The summed E-state index contributed by atoms with van der Waals surface area (Å²) < 4.78 is 5.65. The number of aliphatic carboxylic acids is 1. The number of ether oxygens (including phenoxy) is 1. The molecule has 0 aromatic heterocycles. The Kier molecular flexibility index (Phi) is 16.8. The Morgan fingerprint density at radius 1 is 0.754 bits per heavy atom. The van der Waals surface area contributed by atoms with Gasteiger partial charge in [-0.15, -0.1) is 0 Å². The minimum Gasteiger partial charge on any atom is -0.480 e. The number of imide groups is 1. The zero-order chi connectivity index (χ0) is 47.4. The number of amides is 7. The van der Waals surface area contributed by atoms with Crippen molar-refractivity contribution in [3.8, 4) is 11.1 Å². The fourth-order valence-electron chi connectivity index (χ4n) is 7.83. The molecule has 1 fully saturated rings. The Labute approximate surface area is 376 Å². The van der Waals surface area contributed by atoms with Gasteiger partial charge in [0, 0.05) is 25.3 Å². The van der Waals surface area contributed by atoms with Crippen LogP contribution in [-0.2, 0) is 44.7 Å². The Morgan fingerprint density at radius 2 is 1.34 bits per heavy atom. The van der Waals surface area contributed by atoms with E-state index in [2.05, 4.69) is 31.6 Å². The first-order valence-corrected chi connectivity index (χ1v) is 21.5. The van der Waals surface area contributed by atoms with E-state index in [0.29, 0.717) is 5.56 Å². The second-order valence-corrected chi connectivity index (χ2v) is 16.4. The lowest BCUT2D eigenvalue weighted by molar-refractivity contribution is -0.150. The first-order chi connectivity index (χ1) is 31.0. The lowest BCUT2D eigenvalue weighted by Gasteiger charge is -2.29. The van der Waals surface area contributed by atoms with Crippen LogP contribution in [0.2, 0.25) is 0 Å². The molecule has 1 aliphatic carbocycles. The zero-order valence-electron chi connectivity index (χ0n) is 36.7. The molecule has 0 bridgehead atoms. The number of nitrogens with one attached hydrogen (secondary N) is 5. The van der Waals surface area contributed by atoms with Gasteiger partial charge >= 0.3 is 12.1 Å². The topological polar surface area (TPSA) is 294 Å². The molecular formula is C46H57N9O10. The number of carboxylic acid groups (broad SMARTS) is 1. The van der Waals surface area contributed by atoms with Crippen molar-refractivity contribution in [3.63, 3.8) is 0 Å². The summed E-state index contributed by atoms with van der Waals surface area (Å²) >= 11 is 0. The Balaban J connectivity index is 1.24. The number of carbonyl (C=O) groups excluding carboxylic acids is 7. The lowest BCUT2D eigenvalue weighted by atomic mass is 9.98. The minimum atomic E-state index is -1.37. The van der Waals surface area contributed by atoms with Crippen molar-refractivity contribution in [1.29, 1.82) is 0 Å². The molecule has 5 rings (SSSR count). The number of nitrogens with two attached hydrogens (primary N) is 2. The smallest absolute Gasteiger partial charge is 0.407 e. The first-order valence-electron chi connectivity index (χ1n) is 21.5. The third kappa shape index (κ3) is 12.7. The van der Waals surface area contributed by atoms with Crippen LogP contribution in [-0.4, -0.2) is 113 Å². The van der Waals surface area contributed by atoms with Crippen LogP contribution in [0.15, 0.2) is 83.9 Å². The maximum atomic E-state index is 14.0. The van der Waals surface area contributed by atoms with Gasteiger partial charge in [0.1, 0.15) is 42.9 Å². The molecule has 7 amide bonds. The number of hydrogen-bond acceptors (Lipinski definition) is 10. The molecule has 65 heavy (non-hydrogen) atoms. The third-order valence-electron chi connectivity index (χ3n) is 11.3. The number of guanidine groups is 1. The number of hydrogen-bond donors (Lipinski definition) is 8. The predicted molar refractivity (Wildman–Crippen MR) is 238 cm³/mol. The number of likely N-dealkylation sites (tertiary alicyclic amines) is 1. The van der Waals surface area contributed by atoms with E-state index in [4.69, 9.17) is 16.2 Å². The summed E-state index contributed by atoms with van der Waals surface area (Å²) in [6, 6.07) is 16.6. The lowest BCUT2D eigenvalue weighted by Crippen LogP contribution is -2.59. The summed E-state index contributed by atoms with van der Waals surface area (Å²) in [6.45, 7) is 6.08. The maximum Gasteiger partial charge on any atom is 0.407 e. The molecule has 3 aromatic carbocycles. The summed E-state index contributed by atoms with van der Waals surface area (Å²) in [5.41, 5.74) is 15.7. The number of benzene rings is 3. The van der Waals surface area contributed by atoms with E-state index in [0.717, 1.165) is 27.2 Å². The van der Waals surface area contributed by atoms with Gasteiger partial charge in [0.2, 0.25) is 29.5 Å². The molecule has 346 valence electrons. The van der Waals surface area contributed by atoms with Crippen LogP contribution in [0.1, 0.15) is 76.0 Å². The van der Waals surface area contributed by atoms with E-state index in [1.165, 1.54) is 13.8 Å². The maximum absolute atomic E-state index is 14.0. The van der Waals surface area contributed by atoms with Crippen molar-refractivity contribution in [3.05, 3.63) is 95.6 Å². The number of rotatable bonds is 20. The van der Waals surface area contributed by atoms with Gasteiger partial charge in [-0.05, 0) is 66.8 Å². The Bertz CT molecular complexity index is 2240. The van der Waals surface area contributed by atoms with Crippen molar-refractivity contribution in [2.24, 2.45) is 22.4 Å². The largest absolute Gasteiger partial charge is 0.480 e. The molecule has 3 aromatic rings. The molecule has 1 heterocycles. The zero-order valence-corrected chi connectivity index (χ0v) is 36.7. The summed E-state index contributed by atoms with van der Waals surface area (Å²) in [5, 5.41) is 22.2. The van der Waals surface area contributed by atoms with Gasteiger partial charge in [0.25, 0.3) is 5.91 Å². The first kappa shape index (κ1) is 48.7. The highest BCUT2D eigenvalue weighted by molar-refractivity contribution is 6.06. The molecule has 19 heteroatoms. The molecule has 0 radical (unpaired) electrons. The molecule has 1 saturated heterocycles. The highest BCUT2D eigenvalue weighted by Gasteiger charge is 2.43. The summed E-state index contributed by atoms with van der Waals surface area (Å²) in [4.78, 5) is 111. The fourth-order valence-corrected chi connectivity index (χ4v) is 7.83. The number of nitrogens with zero attached hydrogens (tertiary/aromatic N) is 2. The predicted octanol–water partition coefficient (Wildman–Crippen LogP) is 1.43. The van der Waals surface area contributed by atoms with Gasteiger partial charge in [-0.25, -0.2) is 4.79 Å². The summed E-state index contributed by atoms with van der Waals surface area (Å²) in [6.07, 6.45) is -1.02. The quantitative estimate of drug-likeness (QED) is 0.0454. The van der Waals surface area contributed by atoms with Crippen molar-refractivity contribution in [2.45, 2.75) is 102 Å². The van der Waals surface area contributed by atoms with E-state index >= 15 is 0 Å². The van der Waals surface area contributed by atoms with Gasteiger partial charge < -0.3 is 47.9 Å². The molecular weight excluding hydrogens is 839 g/mol. The van der Waals surface area contributed by atoms with Crippen molar-refractivity contribution in [1.82, 2.24) is 31.5 Å².